The first-order valence-electron chi connectivity index (χ1n) is 8.56. The third kappa shape index (κ3) is 3.39. The van der Waals surface area contributed by atoms with Crippen molar-refractivity contribution in [3.63, 3.8) is 0 Å². The Morgan fingerprint density at radius 1 is 1.08 bits per heavy atom. The summed E-state index contributed by atoms with van der Waals surface area (Å²) in [5.74, 6) is 1.64. The maximum atomic E-state index is 11.0. The summed E-state index contributed by atoms with van der Waals surface area (Å²) in [6.07, 6.45) is 3.32. The molecule has 0 fully saturated rings. The lowest BCUT2D eigenvalue weighted by molar-refractivity contribution is -0.384. The Balaban J connectivity index is 1.56. The van der Waals surface area contributed by atoms with Gasteiger partial charge in [-0.25, -0.2) is 9.97 Å². The Bertz CT molecular complexity index is 944. The average molecular weight is 346 g/mol. The fourth-order valence-electron chi connectivity index (χ4n) is 3.28. The molecule has 0 saturated carbocycles. The number of benzene rings is 2. The summed E-state index contributed by atoms with van der Waals surface area (Å²) < 4.78 is 0. The molecule has 130 valence electrons. The van der Waals surface area contributed by atoms with Crippen molar-refractivity contribution in [3.05, 3.63) is 93.4 Å². The smallest absolute Gasteiger partial charge is 0.269 e. The summed E-state index contributed by atoms with van der Waals surface area (Å²) in [6.45, 7) is 1.46. The second-order valence-corrected chi connectivity index (χ2v) is 6.38. The Hall–Kier alpha value is -3.28. The molecule has 0 radical (unpaired) electrons. The highest BCUT2D eigenvalue weighted by Gasteiger charge is 2.20. The zero-order valence-electron chi connectivity index (χ0n) is 14.2. The van der Waals surface area contributed by atoms with E-state index in [0.29, 0.717) is 13.0 Å². The van der Waals surface area contributed by atoms with Gasteiger partial charge in [0.2, 0.25) is 0 Å². The van der Waals surface area contributed by atoms with Crippen molar-refractivity contribution < 1.29 is 4.92 Å². The monoisotopic (exact) mass is 346 g/mol. The third-order valence-electron chi connectivity index (χ3n) is 4.63. The van der Waals surface area contributed by atoms with Gasteiger partial charge in [0, 0.05) is 37.8 Å². The number of nitro groups is 1. The summed E-state index contributed by atoms with van der Waals surface area (Å²) in [5, 5.41) is 11.0. The molecule has 2 aromatic carbocycles. The van der Waals surface area contributed by atoms with Gasteiger partial charge < -0.3 is 4.90 Å². The van der Waals surface area contributed by atoms with Crippen LogP contribution in [0.3, 0.4) is 0 Å². The Morgan fingerprint density at radius 3 is 2.73 bits per heavy atom. The summed E-state index contributed by atoms with van der Waals surface area (Å²) in [7, 11) is 0. The van der Waals surface area contributed by atoms with Crippen LogP contribution in [0.4, 0.5) is 11.5 Å². The highest BCUT2D eigenvalue weighted by molar-refractivity contribution is 5.47. The molecule has 1 aliphatic heterocycles. The summed E-state index contributed by atoms with van der Waals surface area (Å²) in [5.41, 5.74) is 3.47. The van der Waals surface area contributed by atoms with E-state index in [2.05, 4.69) is 22.0 Å². The van der Waals surface area contributed by atoms with Crippen molar-refractivity contribution in [3.8, 4) is 0 Å². The average Bonchev–Trinajstić information content (AvgIpc) is 2.68. The Morgan fingerprint density at radius 2 is 1.92 bits per heavy atom. The van der Waals surface area contributed by atoms with Gasteiger partial charge in [-0.15, -0.1) is 0 Å². The van der Waals surface area contributed by atoms with Crippen molar-refractivity contribution in [2.24, 2.45) is 0 Å². The maximum absolute atomic E-state index is 11.0. The number of nitrogens with zero attached hydrogens (tertiary/aromatic N) is 4. The summed E-state index contributed by atoms with van der Waals surface area (Å²) in [4.78, 5) is 21.9. The van der Waals surface area contributed by atoms with Gasteiger partial charge in [0.25, 0.3) is 5.69 Å². The van der Waals surface area contributed by atoms with E-state index in [1.165, 1.54) is 11.1 Å². The lowest BCUT2D eigenvalue weighted by atomic mass is 9.99. The first-order valence-corrected chi connectivity index (χ1v) is 8.56. The van der Waals surface area contributed by atoms with Gasteiger partial charge >= 0.3 is 0 Å². The third-order valence-corrected chi connectivity index (χ3v) is 4.63. The number of nitro benzene ring substituents is 1. The van der Waals surface area contributed by atoms with Crippen LogP contribution in [0.25, 0.3) is 0 Å². The van der Waals surface area contributed by atoms with Crippen LogP contribution in [0, 0.1) is 10.1 Å². The molecule has 0 spiro atoms. The number of aromatic nitrogens is 2. The fourth-order valence-corrected chi connectivity index (χ4v) is 3.28. The molecule has 3 aromatic rings. The molecular formula is C20H18N4O2. The SMILES string of the molecule is O=[N+]([O-])c1ccc2c(c1)CN(c1ccnc(Cc3ccccc3)n1)CC2. The predicted molar refractivity (Wildman–Crippen MR) is 99.1 cm³/mol. The van der Waals surface area contributed by atoms with E-state index in [0.717, 1.165) is 30.2 Å². The van der Waals surface area contributed by atoms with E-state index in [-0.39, 0.29) is 10.6 Å². The second kappa shape index (κ2) is 6.92. The van der Waals surface area contributed by atoms with Crippen molar-refractivity contribution in [1.29, 1.82) is 0 Å². The molecule has 0 amide bonds. The normalized spacial score (nSPS) is 13.3. The molecular weight excluding hydrogens is 328 g/mol. The molecule has 0 saturated heterocycles. The Labute approximate surface area is 151 Å². The van der Waals surface area contributed by atoms with Crippen LogP contribution in [0.15, 0.2) is 60.8 Å². The van der Waals surface area contributed by atoms with Gasteiger partial charge in [0.1, 0.15) is 11.6 Å². The summed E-state index contributed by atoms with van der Waals surface area (Å²) in [6, 6.07) is 17.2. The van der Waals surface area contributed by atoms with Crippen LogP contribution in [-0.2, 0) is 19.4 Å². The van der Waals surface area contributed by atoms with Crippen molar-refractivity contribution >= 4 is 11.5 Å². The van der Waals surface area contributed by atoms with Gasteiger partial charge in [-0.1, -0.05) is 36.4 Å². The molecule has 0 atom stereocenters. The van der Waals surface area contributed by atoms with Gasteiger partial charge in [-0.2, -0.15) is 0 Å². The van der Waals surface area contributed by atoms with E-state index in [9.17, 15) is 10.1 Å². The molecule has 0 bridgehead atoms. The number of fused-ring (bicyclic) bond motifs is 1. The number of non-ortho nitro benzene ring substituents is 1. The van der Waals surface area contributed by atoms with Gasteiger partial charge in [-0.05, 0) is 29.2 Å². The highest BCUT2D eigenvalue weighted by Crippen LogP contribution is 2.26. The molecule has 2 heterocycles. The quantitative estimate of drug-likeness (QED) is 0.534. The maximum Gasteiger partial charge on any atom is 0.269 e. The second-order valence-electron chi connectivity index (χ2n) is 6.38. The molecule has 6 nitrogen and oxygen atoms in total. The lowest BCUT2D eigenvalue weighted by Gasteiger charge is -2.29. The van der Waals surface area contributed by atoms with Gasteiger partial charge in [0.15, 0.2) is 0 Å². The fraction of sp³-hybridized carbons (Fsp3) is 0.200. The van der Waals surface area contributed by atoms with Crippen molar-refractivity contribution in [2.75, 3.05) is 11.4 Å². The zero-order valence-corrected chi connectivity index (χ0v) is 14.2. The predicted octanol–water partition coefficient (Wildman–Crippen LogP) is 3.54. The van der Waals surface area contributed by atoms with Crippen LogP contribution < -0.4 is 4.90 Å². The first kappa shape index (κ1) is 16.2. The first-order chi connectivity index (χ1) is 12.7. The molecule has 6 heteroatoms. The minimum absolute atomic E-state index is 0.137. The lowest BCUT2D eigenvalue weighted by Crippen LogP contribution is -2.31. The molecule has 26 heavy (non-hydrogen) atoms. The molecule has 1 aromatic heterocycles. The van der Waals surface area contributed by atoms with E-state index < -0.39 is 0 Å². The van der Waals surface area contributed by atoms with E-state index in [1.807, 2.05) is 30.3 Å². The van der Waals surface area contributed by atoms with E-state index in [1.54, 1.807) is 18.3 Å². The standard InChI is InChI=1S/C20H18N4O2/c25-24(26)18-7-6-16-9-11-23(14-17(16)13-18)20-8-10-21-19(22-20)12-15-4-2-1-3-5-15/h1-8,10,13H,9,11-12,14H2. The topological polar surface area (TPSA) is 72.2 Å². The van der Waals surface area contributed by atoms with Crippen LogP contribution in [-0.4, -0.2) is 21.4 Å². The molecule has 0 N–H and O–H groups in total. The molecule has 0 aliphatic carbocycles. The minimum Gasteiger partial charge on any atom is -0.352 e. The number of hydrogen-bond donors (Lipinski definition) is 0. The van der Waals surface area contributed by atoms with E-state index in [4.69, 9.17) is 4.98 Å². The van der Waals surface area contributed by atoms with E-state index >= 15 is 0 Å². The van der Waals surface area contributed by atoms with Crippen LogP contribution in [0.5, 0.6) is 0 Å². The summed E-state index contributed by atoms with van der Waals surface area (Å²) >= 11 is 0. The number of hydrogen-bond acceptors (Lipinski definition) is 5. The largest absolute Gasteiger partial charge is 0.352 e. The minimum atomic E-state index is -0.345. The highest BCUT2D eigenvalue weighted by atomic mass is 16.6. The molecule has 0 unspecified atom stereocenters. The van der Waals surface area contributed by atoms with Gasteiger partial charge in [0.05, 0.1) is 4.92 Å². The van der Waals surface area contributed by atoms with Crippen LogP contribution in [0.1, 0.15) is 22.5 Å². The van der Waals surface area contributed by atoms with Crippen molar-refractivity contribution in [2.45, 2.75) is 19.4 Å². The van der Waals surface area contributed by atoms with Crippen LogP contribution >= 0.6 is 0 Å². The van der Waals surface area contributed by atoms with Crippen molar-refractivity contribution in [1.82, 2.24) is 9.97 Å². The van der Waals surface area contributed by atoms with Crippen LogP contribution in [0.2, 0.25) is 0 Å². The van der Waals surface area contributed by atoms with Gasteiger partial charge in [-0.3, -0.25) is 10.1 Å². The Kier molecular flexibility index (Phi) is 4.31. The molecule has 1 aliphatic rings. The number of anilines is 1. The molecule has 4 rings (SSSR count). The zero-order chi connectivity index (χ0) is 17.9. The number of rotatable bonds is 4.